The van der Waals surface area contributed by atoms with Gasteiger partial charge < -0.3 is 9.90 Å². The van der Waals surface area contributed by atoms with Gasteiger partial charge in [-0.2, -0.15) is 0 Å². The molecule has 0 saturated carbocycles. The Kier molecular flexibility index (Phi) is 23.9. The maximum atomic E-state index is 10.2. The Morgan fingerprint density at radius 2 is 1.19 bits per heavy atom. The maximum Gasteiger partial charge on any atom is 1.00 e. The van der Waals surface area contributed by atoms with Crippen molar-refractivity contribution in [1.82, 2.24) is 0 Å². The summed E-state index contributed by atoms with van der Waals surface area (Å²) in [5.74, 6) is -0.909. The first-order chi connectivity index (χ1) is 9.77. The molecule has 0 heterocycles. The van der Waals surface area contributed by atoms with Gasteiger partial charge in [0, 0.05) is 5.97 Å². The fourth-order valence-corrected chi connectivity index (χ4v) is 2.33. The molecule has 0 spiro atoms. The van der Waals surface area contributed by atoms with Gasteiger partial charge in [-0.1, -0.05) is 76.9 Å². The monoisotopic (exact) mass is 320 g/mol. The molecule has 0 bridgehead atoms. The standard InChI is InChI=1S/C18H34O2.K/c1-2-3-4-5-6-7-8-9-10-11-12-13-14-15-16-17-18(19)20;/h5-6H,2-4,7-17H2,1H3,(H,19,20);/q;+1/p-1/b6-5-;. The van der Waals surface area contributed by atoms with E-state index in [1.165, 1.54) is 70.6 Å². The van der Waals surface area contributed by atoms with E-state index in [-0.39, 0.29) is 57.8 Å². The third-order valence-electron chi connectivity index (χ3n) is 3.64. The zero-order valence-electron chi connectivity index (χ0n) is 14.4. The Balaban J connectivity index is 0. The van der Waals surface area contributed by atoms with Crippen LogP contribution in [0.25, 0.3) is 0 Å². The third kappa shape index (κ3) is 23.2. The molecular weight excluding hydrogens is 287 g/mol. The second-order valence-corrected chi connectivity index (χ2v) is 5.71. The molecule has 0 aliphatic heterocycles. The number of carboxylic acid groups (broad SMARTS) is 1. The summed E-state index contributed by atoms with van der Waals surface area (Å²) in [5, 5.41) is 10.2. The number of unbranched alkanes of at least 4 members (excludes halogenated alkanes) is 11. The number of hydrogen-bond acceptors (Lipinski definition) is 2. The molecular formula is C18H33KO2. The normalized spacial score (nSPS) is 10.7. The minimum Gasteiger partial charge on any atom is -0.550 e. The molecule has 0 atom stereocenters. The van der Waals surface area contributed by atoms with Crippen LogP contribution >= 0.6 is 0 Å². The molecule has 2 nitrogen and oxygen atoms in total. The van der Waals surface area contributed by atoms with E-state index in [0.29, 0.717) is 0 Å². The molecule has 3 heteroatoms. The summed E-state index contributed by atoms with van der Waals surface area (Å²) in [5.41, 5.74) is 0. The molecule has 0 aliphatic carbocycles. The predicted octanol–water partition coefficient (Wildman–Crippen LogP) is 1.78. The van der Waals surface area contributed by atoms with Crippen LogP contribution in [0.5, 0.6) is 0 Å². The topological polar surface area (TPSA) is 40.1 Å². The SMILES string of the molecule is CCCC/C=C\CCCCCCCCCCCC(=O)[O-].[K+]. The Hall–Kier alpha value is 0.846. The van der Waals surface area contributed by atoms with E-state index in [4.69, 9.17) is 0 Å². The van der Waals surface area contributed by atoms with Crippen LogP contribution in [-0.2, 0) is 4.79 Å². The van der Waals surface area contributed by atoms with E-state index >= 15 is 0 Å². The van der Waals surface area contributed by atoms with E-state index in [0.717, 1.165) is 12.8 Å². The molecule has 0 radical (unpaired) electrons. The minimum absolute atomic E-state index is 0. The van der Waals surface area contributed by atoms with Gasteiger partial charge in [-0.15, -0.1) is 0 Å². The van der Waals surface area contributed by atoms with Crippen molar-refractivity contribution in [2.45, 2.75) is 96.8 Å². The van der Waals surface area contributed by atoms with E-state index < -0.39 is 5.97 Å². The van der Waals surface area contributed by atoms with Crippen molar-refractivity contribution in [2.24, 2.45) is 0 Å². The van der Waals surface area contributed by atoms with E-state index in [1.54, 1.807) is 0 Å². The zero-order chi connectivity index (χ0) is 14.9. The van der Waals surface area contributed by atoms with Crippen molar-refractivity contribution < 1.29 is 61.3 Å². The average Bonchev–Trinajstić information content (AvgIpc) is 2.43. The summed E-state index contributed by atoms with van der Waals surface area (Å²) in [6, 6.07) is 0. The molecule has 0 amide bonds. The van der Waals surface area contributed by atoms with Crippen molar-refractivity contribution in [1.29, 1.82) is 0 Å². The molecule has 0 aromatic rings. The average molecular weight is 321 g/mol. The van der Waals surface area contributed by atoms with Crippen LogP contribution in [0.1, 0.15) is 96.8 Å². The van der Waals surface area contributed by atoms with Gasteiger partial charge in [0.2, 0.25) is 0 Å². The zero-order valence-corrected chi connectivity index (χ0v) is 17.5. The molecule has 0 fully saturated rings. The molecule has 0 aromatic carbocycles. The number of allylic oxidation sites excluding steroid dienone is 2. The first kappa shape index (κ1) is 24.1. The molecule has 0 N–H and O–H groups in total. The van der Waals surface area contributed by atoms with Crippen LogP contribution in [-0.4, -0.2) is 5.97 Å². The van der Waals surface area contributed by atoms with Crippen LogP contribution in [0.4, 0.5) is 0 Å². The van der Waals surface area contributed by atoms with Crippen LogP contribution in [0.2, 0.25) is 0 Å². The van der Waals surface area contributed by atoms with Gasteiger partial charge in [-0.25, -0.2) is 0 Å². The summed E-state index contributed by atoms with van der Waals surface area (Å²) in [4.78, 5) is 10.2. The van der Waals surface area contributed by atoms with Crippen LogP contribution in [0.15, 0.2) is 12.2 Å². The predicted molar refractivity (Wildman–Crippen MR) is 84.5 cm³/mol. The number of carbonyl (C=O) groups excluding carboxylic acids is 1. The van der Waals surface area contributed by atoms with Gasteiger partial charge in [-0.05, 0) is 32.1 Å². The summed E-state index contributed by atoms with van der Waals surface area (Å²) in [6.07, 6.45) is 20.9. The quantitative estimate of drug-likeness (QED) is 0.262. The van der Waals surface area contributed by atoms with Crippen molar-refractivity contribution in [3.05, 3.63) is 12.2 Å². The molecule has 21 heavy (non-hydrogen) atoms. The first-order valence-electron chi connectivity index (χ1n) is 8.62. The van der Waals surface area contributed by atoms with Gasteiger partial charge in [0.05, 0.1) is 0 Å². The number of carbonyl (C=O) groups is 1. The van der Waals surface area contributed by atoms with E-state index in [2.05, 4.69) is 19.1 Å². The Labute approximate surface area is 174 Å². The van der Waals surface area contributed by atoms with E-state index in [9.17, 15) is 9.90 Å². The Morgan fingerprint density at radius 1 is 0.762 bits per heavy atom. The van der Waals surface area contributed by atoms with Gasteiger partial charge in [-0.3, -0.25) is 0 Å². The van der Waals surface area contributed by atoms with Gasteiger partial charge in [0.15, 0.2) is 0 Å². The third-order valence-corrected chi connectivity index (χ3v) is 3.64. The fourth-order valence-electron chi connectivity index (χ4n) is 2.33. The summed E-state index contributed by atoms with van der Waals surface area (Å²) in [7, 11) is 0. The largest absolute Gasteiger partial charge is 1.00 e. The van der Waals surface area contributed by atoms with E-state index in [1.807, 2.05) is 0 Å². The number of hydrogen-bond donors (Lipinski definition) is 0. The summed E-state index contributed by atoms with van der Waals surface area (Å²) >= 11 is 0. The number of carboxylic acids is 1. The Bertz CT molecular complexity index is 239. The Morgan fingerprint density at radius 3 is 1.67 bits per heavy atom. The van der Waals surface area contributed by atoms with Gasteiger partial charge in [0.1, 0.15) is 0 Å². The number of rotatable bonds is 15. The molecule has 0 aliphatic rings. The second-order valence-electron chi connectivity index (χ2n) is 5.71. The molecule has 0 unspecified atom stereocenters. The second kappa shape index (κ2) is 20.8. The van der Waals surface area contributed by atoms with Crippen molar-refractivity contribution in [2.75, 3.05) is 0 Å². The van der Waals surface area contributed by atoms with Gasteiger partial charge >= 0.3 is 51.4 Å². The summed E-state index contributed by atoms with van der Waals surface area (Å²) in [6.45, 7) is 2.23. The van der Waals surface area contributed by atoms with Crippen molar-refractivity contribution >= 4 is 5.97 Å². The number of aliphatic carboxylic acids is 1. The molecule has 0 aromatic heterocycles. The van der Waals surface area contributed by atoms with Gasteiger partial charge in [0.25, 0.3) is 0 Å². The first-order valence-corrected chi connectivity index (χ1v) is 8.62. The summed E-state index contributed by atoms with van der Waals surface area (Å²) < 4.78 is 0. The molecule has 118 valence electrons. The van der Waals surface area contributed by atoms with Crippen LogP contribution in [0, 0.1) is 0 Å². The van der Waals surface area contributed by atoms with Crippen LogP contribution < -0.4 is 56.5 Å². The molecule has 0 rings (SSSR count). The van der Waals surface area contributed by atoms with Crippen LogP contribution in [0.3, 0.4) is 0 Å². The minimum atomic E-state index is -0.909. The molecule has 0 saturated heterocycles. The fraction of sp³-hybridized carbons (Fsp3) is 0.833. The maximum absolute atomic E-state index is 10.2. The van der Waals surface area contributed by atoms with Crippen molar-refractivity contribution in [3.63, 3.8) is 0 Å². The smallest absolute Gasteiger partial charge is 0.550 e. The van der Waals surface area contributed by atoms with Crippen molar-refractivity contribution in [3.8, 4) is 0 Å².